The van der Waals surface area contributed by atoms with E-state index in [9.17, 15) is 4.79 Å². The molecule has 100 valence electrons. The number of hydrogen-bond donors (Lipinski definition) is 2. The Bertz CT molecular complexity index is 578. The Hall–Kier alpha value is -1.82. The summed E-state index contributed by atoms with van der Waals surface area (Å²) in [6.45, 7) is 0. The fourth-order valence-corrected chi connectivity index (χ4v) is 2.23. The van der Waals surface area contributed by atoms with Gasteiger partial charge in [0.25, 0.3) is 0 Å². The molecule has 0 fully saturated rings. The average molecular weight is 325 g/mol. The Morgan fingerprint density at radius 3 is 2.68 bits per heavy atom. The fraction of sp³-hybridized carbons (Fsp3) is 0.231. The predicted octanol–water partition coefficient (Wildman–Crippen LogP) is 2.87. The average Bonchev–Trinajstić information content (AvgIpc) is 2.78. The third-order valence-corrected chi connectivity index (χ3v) is 3.22. The first kappa shape index (κ1) is 13.6. The van der Waals surface area contributed by atoms with Crippen LogP contribution in [0.1, 0.15) is 12.2 Å². The van der Waals surface area contributed by atoms with Gasteiger partial charge in [-0.25, -0.2) is 4.98 Å². The molecule has 0 atom stereocenters. The third kappa shape index (κ3) is 3.35. The number of halogens is 1. The largest absolute Gasteiger partial charge is 0.497 e. The number of H-pyrrole nitrogens is 1. The second-order valence-corrected chi connectivity index (χ2v) is 4.76. The maximum Gasteiger partial charge on any atom is 0.303 e. The molecule has 0 unspecified atom stereocenters. The molecule has 2 rings (SSSR count). The Labute approximate surface area is 118 Å². The van der Waals surface area contributed by atoms with Gasteiger partial charge in [0.1, 0.15) is 21.9 Å². The Kier molecular flexibility index (Phi) is 4.21. The number of hydrogen-bond acceptors (Lipinski definition) is 3. The SMILES string of the molecule is COc1ccc(-c2nc(CCC(=O)O)[nH]c2Br)cc1. The van der Waals surface area contributed by atoms with E-state index in [0.717, 1.165) is 21.6 Å². The van der Waals surface area contributed by atoms with E-state index in [1.54, 1.807) is 7.11 Å². The van der Waals surface area contributed by atoms with E-state index >= 15 is 0 Å². The number of rotatable bonds is 5. The molecular weight excluding hydrogens is 312 g/mol. The van der Waals surface area contributed by atoms with Gasteiger partial charge in [0, 0.05) is 12.0 Å². The van der Waals surface area contributed by atoms with Crippen molar-refractivity contribution < 1.29 is 14.6 Å². The molecule has 1 heterocycles. The number of aliphatic carboxylic acids is 1. The number of aromatic nitrogens is 2. The van der Waals surface area contributed by atoms with Crippen LogP contribution >= 0.6 is 15.9 Å². The molecule has 0 aliphatic rings. The van der Waals surface area contributed by atoms with Gasteiger partial charge in [0.2, 0.25) is 0 Å². The van der Waals surface area contributed by atoms with Crippen molar-refractivity contribution in [3.63, 3.8) is 0 Å². The molecule has 1 aromatic carbocycles. The summed E-state index contributed by atoms with van der Waals surface area (Å²) in [6, 6.07) is 7.52. The fourth-order valence-electron chi connectivity index (χ4n) is 1.68. The van der Waals surface area contributed by atoms with Crippen molar-refractivity contribution in [2.24, 2.45) is 0 Å². The molecule has 0 bridgehead atoms. The Balaban J connectivity index is 2.21. The normalized spacial score (nSPS) is 10.4. The van der Waals surface area contributed by atoms with Crippen molar-refractivity contribution in [1.82, 2.24) is 9.97 Å². The highest BCUT2D eigenvalue weighted by Gasteiger charge is 2.11. The van der Waals surface area contributed by atoms with Crippen LogP contribution < -0.4 is 4.74 Å². The quantitative estimate of drug-likeness (QED) is 0.886. The maximum absolute atomic E-state index is 10.5. The Morgan fingerprint density at radius 1 is 1.42 bits per heavy atom. The van der Waals surface area contributed by atoms with Crippen LogP contribution in [0.3, 0.4) is 0 Å². The molecule has 0 aliphatic heterocycles. The van der Waals surface area contributed by atoms with E-state index in [-0.39, 0.29) is 6.42 Å². The standard InChI is InChI=1S/C13H13BrN2O3/c1-19-9-4-2-8(3-5-9)12-13(14)16-10(15-12)6-7-11(17)18/h2-5H,6-7H2,1H3,(H,15,16)(H,17,18). The molecule has 2 N–H and O–H groups in total. The van der Waals surface area contributed by atoms with Gasteiger partial charge in [-0.2, -0.15) is 0 Å². The molecule has 0 spiro atoms. The zero-order valence-corrected chi connectivity index (χ0v) is 11.9. The van der Waals surface area contributed by atoms with Crippen molar-refractivity contribution in [2.75, 3.05) is 7.11 Å². The van der Waals surface area contributed by atoms with Gasteiger partial charge in [-0.3, -0.25) is 4.79 Å². The number of carbonyl (C=O) groups is 1. The minimum absolute atomic E-state index is 0.0575. The summed E-state index contributed by atoms with van der Waals surface area (Å²) in [5.74, 6) is 0.597. The first-order chi connectivity index (χ1) is 9.10. The summed E-state index contributed by atoms with van der Waals surface area (Å²) in [5.41, 5.74) is 1.70. The number of methoxy groups -OCH3 is 1. The minimum Gasteiger partial charge on any atom is -0.497 e. The smallest absolute Gasteiger partial charge is 0.303 e. The highest BCUT2D eigenvalue weighted by Crippen LogP contribution is 2.27. The maximum atomic E-state index is 10.5. The number of carboxylic acids is 1. The predicted molar refractivity (Wildman–Crippen MR) is 74.2 cm³/mol. The zero-order valence-electron chi connectivity index (χ0n) is 10.3. The molecule has 0 aliphatic carbocycles. The van der Waals surface area contributed by atoms with Crippen molar-refractivity contribution >= 4 is 21.9 Å². The van der Waals surface area contributed by atoms with E-state index < -0.39 is 5.97 Å². The number of benzene rings is 1. The molecule has 5 nitrogen and oxygen atoms in total. The van der Waals surface area contributed by atoms with Crippen molar-refractivity contribution in [3.8, 4) is 17.0 Å². The third-order valence-electron chi connectivity index (χ3n) is 2.65. The van der Waals surface area contributed by atoms with E-state index in [1.165, 1.54) is 0 Å². The molecule has 2 aromatic rings. The van der Waals surface area contributed by atoms with Gasteiger partial charge < -0.3 is 14.8 Å². The molecule has 6 heteroatoms. The number of ether oxygens (including phenoxy) is 1. The molecule has 19 heavy (non-hydrogen) atoms. The van der Waals surface area contributed by atoms with Crippen LogP contribution in [0.5, 0.6) is 5.75 Å². The lowest BCUT2D eigenvalue weighted by atomic mass is 10.2. The van der Waals surface area contributed by atoms with Crippen LogP contribution in [0.4, 0.5) is 0 Å². The van der Waals surface area contributed by atoms with Crippen LogP contribution in [-0.4, -0.2) is 28.2 Å². The number of aryl methyl sites for hydroxylation is 1. The zero-order chi connectivity index (χ0) is 13.8. The first-order valence-electron chi connectivity index (χ1n) is 5.70. The van der Waals surface area contributed by atoms with E-state index in [4.69, 9.17) is 9.84 Å². The number of nitrogens with zero attached hydrogens (tertiary/aromatic N) is 1. The summed E-state index contributed by atoms with van der Waals surface area (Å²) in [7, 11) is 1.61. The van der Waals surface area contributed by atoms with Crippen molar-refractivity contribution in [1.29, 1.82) is 0 Å². The number of imidazole rings is 1. The van der Waals surface area contributed by atoms with Crippen LogP contribution in [0.2, 0.25) is 0 Å². The molecule has 0 radical (unpaired) electrons. The summed E-state index contributed by atoms with van der Waals surface area (Å²) < 4.78 is 5.85. The molecule has 0 saturated carbocycles. The molecule has 0 saturated heterocycles. The lowest BCUT2D eigenvalue weighted by Crippen LogP contribution is -1.98. The lowest BCUT2D eigenvalue weighted by Gasteiger charge is -2.01. The minimum atomic E-state index is -0.835. The van der Waals surface area contributed by atoms with Crippen LogP contribution in [-0.2, 0) is 11.2 Å². The monoisotopic (exact) mass is 324 g/mol. The van der Waals surface area contributed by atoms with Crippen molar-refractivity contribution in [2.45, 2.75) is 12.8 Å². The molecule has 0 amide bonds. The lowest BCUT2D eigenvalue weighted by molar-refractivity contribution is -0.137. The number of nitrogens with one attached hydrogen (secondary N) is 1. The van der Waals surface area contributed by atoms with Gasteiger partial charge in [-0.05, 0) is 40.2 Å². The topological polar surface area (TPSA) is 75.2 Å². The number of carboxylic acid groups (broad SMARTS) is 1. The van der Waals surface area contributed by atoms with Gasteiger partial charge in [-0.1, -0.05) is 0 Å². The van der Waals surface area contributed by atoms with Gasteiger partial charge in [0.15, 0.2) is 0 Å². The van der Waals surface area contributed by atoms with Gasteiger partial charge in [-0.15, -0.1) is 0 Å². The highest BCUT2D eigenvalue weighted by atomic mass is 79.9. The van der Waals surface area contributed by atoms with Crippen molar-refractivity contribution in [3.05, 3.63) is 34.7 Å². The number of aromatic amines is 1. The van der Waals surface area contributed by atoms with Crippen LogP contribution in [0, 0.1) is 0 Å². The summed E-state index contributed by atoms with van der Waals surface area (Å²) in [5, 5.41) is 8.66. The van der Waals surface area contributed by atoms with E-state index in [2.05, 4.69) is 25.9 Å². The second kappa shape index (κ2) is 5.88. The summed E-state index contributed by atoms with van der Waals surface area (Å²) in [6.07, 6.45) is 0.437. The van der Waals surface area contributed by atoms with Crippen LogP contribution in [0.15, 0.2) is 28.9 Å². The van der Waals surface area contributed by atoms with E-state index in [1.807, 2.05) is 24.3 Å². The first-order valence-corrected chi connectivity index (χ1v) is 6.50. The summed E-state index contributed by atoms with van der Waals surface area (Å²) in [4.78, 5) is 18.0. The van der Waals surface area contributed by atoms with E-state index in [0.29, 0.717) is 12.2 Å². The van der Waals surface area contributed by atoms with Crippen LogP contribution in [0.25, 0.3) is 11.3 Å². The van der Waals surface area contributed by atoms with Gasteiger partial charge >= 0.3 is 5.97 Å². The Morgan fingerprint density at radius 2 is 2.11 bits per heavy atom. The molecular formula is C13H13BrN2O3. The van der Waals surface area contributed by atoms with Gasteiger partial charge in [0.05, 0.1) is 13.5 Å². The summed E-state index contributed by atoms with van der Waals surface area (Å²) >= 11 is 3.40. The second-order valence-electron chi connectivity index (χ2n) is 3.97. The molecule has 1 aromatic heterocycles. The highest BCUT2D eigenvalue weighted by molar-refractivity contribution is 9.10.